The quantitative estimate of drug-likeness (QED) is 0.394. The molecule has 0 aromatic rings. The van der Waals surface area contributed by atoms with Gasteiger partial charge < -0.3 is 4.43 Å². The van der Waals surface area contributed by atoms with Crippen LogP contribution in [0.4, 0.5) is 0 Å². The van der Waals surface area contributed by atoms with E-state index < -0.39 is 8.32 Å². The molecule has 0 aliphatic carbocycles. The van der Waals surface area contributed by atoms with E-state index in [0.29, 0.717) is 6.47 Å². The third kappa shape index (κ3) is 9.56. The standard InChI is InChI=1S/C4H10O2Si.Li.H/c1-7(2,3)6-4-5;;/h4H,1-3H3;;. The molecular formula is C4H11LiO2Si. The van der Waals surface area contributed by atoms with Crippen LogP contribution in [0.3, 0.4) is 0 Å². The normalized spacial score (nSPS) is 9.38. The van der Waals surface area contributed by atoms with Crippen molar-refractivity contribution in [1.82, 2.24) is 0 Å². The summed E-state index contributed by atoms with van der Waals surface area (Å²) in [7, 11) is -1.53. The van der Waals surface area contributed by atoms with Gasteiger partial charge in [0.1, 0.15) is 0 Å². The molecule has 0 bridgehead atoms. The van der Waals surface area contributed by atoms with Gasteiger partial charge in [-0.25, -0.2) is 0 Å². The first-order chi connectivity index (χ1) is 3.06. The SMILES string of the molecule is C[Si](C)(C)OC=O.[LiH]. The van der Waals surface area contributed by atoms with Crippen LogP contribution in [0.2, 0.25) is 19.6 Å². The Hall–Kier alpha value is 0.284. The van der Waals surface area contributed by atoms with Crippen LogP contribution in [-0.2, 0) is 9.22 Å². The van der Waals surface area contributed by atoms with E-state index in [0.717, 1.165) is 0 Å². The summed E-state index contributed by atoms with van der Waals surface area (Å²) in [6, 6.07) is 0. The van der Waals surface area contributed by atoms with E-state index in [2.05, 4.69) is 4.43 Å². The zero-order chi connectivity index (χ0) is 5.91. The Balaban J connectivity index is 0. The van der Waals surface area contributed by atoms with E-state index in [1.54, 1.807) is 0 Å². The predicted octanol–water partition coefficient (Wildman–Crippen LogP) is 0.346. The fraction of sp³-hybridized carbons (Fsp3) is 0.750. The Labute approximate surface area is 62.9 Å². The van der Waals surface area contributed by atoms with Crippen LogP contribution in [0, 0.1) is 0 Å². The molecule has 0 N–H and O–H groups in total. The van der Waals surface area contributed by atoms with Gasteiger partial charge in [-0.15, -0.1) is 0 Å². The first-order valence-electron chi connectivity index (χ1n) is 2.18. The molecule has 0 aromatic carbocycles. The maximum atomic E-state index is 9.63. The van der Waals surface area contributed by atoms with Gasteiger partial charge in [-0.05, 0) is 19.6 Å². The molecule has 0 aromatic heterocycles. The van der Waals surface area contributed by atoms with Crippen LogP contribution in [0.15, 0.2) is 0 Å². The van der Waals surface area contributed by atoms with Crippen molar-refractivity contribution in [1.29, 1.82) is 0 Å². The molecule has 2 nitrogen and oxygen atoms in total. The Bertz CT molecular complexity index is 68.9. The molecule has 0 saturated carbocycles. The van der Waals surface area contributed by atoms with Gasteiger partial charge in [0.15, 0.2) is 0 Å². The van der Waals surface area contributed by atoms with Crippen molar-refractivity contribution in [3.05, 3.63) is 0 Å². The van der Waals surface area contributed by atoms with Crippen molar-refractivity contribution in [2.75, 3.05) is 0 Å². The first-order valence-corrected chi connectivity index (χ1v) is 5.58. The minimum atomic E-state index is -1.53. The van der Waals surface area contributed by atoms with Crippen molar-refractivity contribution < 1.29 is 9.22 Å². The van der Waals surface area contributed by atoms with Crippen LogP contribution >= 0.6 is 0 Å². The first kappa shape index (κ1) is 11.1. The summed E-state index contributed by atoms with van der Waals surface area (Å²) < 4.78 is 4.69. The van der Waals surface area contributed by atoms with Gasteiger partial charge in [0.25, 0.3) is 6.47 Å². The monoisotopic (exact) mass is 126 g/mol. The summed E-state index contributed by atoms with van der Waals surface area (Å²) in [5.74, 6) is 0. The van der Waals surface area contributed by atoms with Crippen molar-refractivity contribution in [3.63, 3.8) is 0 Å². The summed E-state index contributed by atoms with van der Waals surface area (Å²) >= 11 is 0. The third-order valence-electron chi connectivity index (χ3n) is 0.402. The summed E-state index contributed by atoms with van der Waals surface area (Å²) in [5, 5.41) is 0. The van der Waals surface area contributed by atoms with Gasteiger partial charge in [-0.3, -0.25) is 4.79 Å². The zero-order valence-electron chi connectivity index (χ0n) is 4.89. The van der Waals surface area contributed by atoms with Gasteiger partial charge in [0.2, 0.25) is 8.32 Å². The summed E-state index contributed by atoms with van der Waals surface area (Å²) in [5.41, 5.74) is 0. The molecule has 0 radical (unpaired) electrons. The van der Waals surface area contributed by atoms with Crippen molar-refractivity contribution in [3.8, 4) is 0 Å². The van der Waals surface area contributed by atoms with Gasteiger partial charge in [-0.2, -0.15) is 0 Å². The average Bonchev–Trinajstić information content (AvgIpc) is 1.30. The molecular weight excluding hydrogens is 115 g/mol. The van der Waals surface area contributed by atoms with Crippen molar-refractivity contribution >= 4 is 33.7 Å². The Morgan fingerprint density at radius 3 is 1.75 bits per heavy atom. The summed E-state index contributed by atoms with van der Waals surface area (Å²) in [4.78, 5) is 9.63. The molecule has 0 fully saturated rings. The molecule has 8 heavy (non-hydrogen) atoms. The number of hydrogen-bond acceptors (Lipinski definition) is 2. The second-order valence-electron chi connectivity index (χ2n) is 2.33. The van der Waals surface area contributed by atoms with Crippen LogP contribution in [0.25, 0.3) is 0 Å². The fourth-order valence-electron chi connectivity index (χ4n) is 0.144. The fourth-order valence-corrected chi connectivity index (χ4v) is 0.433. The molecule has 0 heterocycles. The van der Waals surface area contributed by atoms with E-state index >= 15 is 0 Å². The molecule has 0 saturated heterocycles. The van der Waals surface area contributed by atoms with Crippen LogP contribution in [0.1, 0.15) is 0 Å². The van der Waals surface area contributed by atoms with Gasteiger partial charge >= 0.3 is 18.9 Å². The number of hydrogen-bond donors (Lipinski definition) is 0. The minimum absolute atomic E-state index is 0. The topological polar surface area (TPSA) is 26.3 Å². The zero-order valence-corrected chi connectivity index (χ0v) is 5.89. The number of carbonyl (C=O) groups is 1. The Morgan fingerprint density at radius 2 is 1.75 bits per heavy atom. The van der Waals surface area contributed by atoms with E-state index in [-0.39, 0.29) is 18.9 Å². The molecule has 0 aliphatic heterocycles. The van der Waals surface area contributed by atoms with E-state index in [1.807, 2.05) is 19.6 Å². The second-order valence-corrected chi connectivity index (χ2v) is 6.79. The van der Waals surface area contributed by atoms with Gasteiger partial charge in [0, 0.05) is 0 Å². The Morgan fingerprint density at radius 1 is 1.38 bits per heavy atom. The third-order valence-corrected chi connectivity index (χ3v) is 1.20. The second kappa shape index (κ2) is 4.19. The number of rotatable bonds is 2. The molecule has 0 rings (SSSR count). The van der Waals surface area contributed by atoms with E-state index in [1.165, 1.54) is 0 Å². The number of carbonyl (C=O) groups excluding carboxylic acids is 1. The van der Waals surface area contributed by atoms with Crippen molar-refractivity contribution in [2.24, 2.45) is 0 Å². The van der Waals surface area contributed by atoms with Crippen LogP contribution in [0.5, 0.6) is 0 Å². The molecule has 4 heteroatoms. The Kier molecular flexibility index (Phi) is 5.83. The molecule has 0 unspecified atom stereocenters. The summed E-state index contributed by atoms with van der Waals surface area (Å²) in [6.07, 6.45) is 0. The van der Waals surface area contributed by atoms with Crippen molar-refractivity contribution in [2.45, 2.75) is 19.6 Å². The molecule has 0 spiro atoms. The van der Waals surface area contributed by atoms with E-state index in [4.69, 9.17) is 0 Å². The molecule has 44 valence electrons. The van der Waals surface area contributed by atoms with Crippen LogP contribution < -0.4 is 0 Å². The average molecular weight is 126 g/mol. The van der Waals surface area contributed by atoms with Gasteiger partial charge in [-0.1, -0.05) is 0 Å². The summed E-state index contributed by atoms with van der Waals surface area (Å²) in [6.45, 7) is 6.40. The van der Waals surface area contributed by atoms with E-state index in [9.17, 15) is 4.79 Å². The molecule has 0 amide bonds. The predicted molar refractivity (Wildman–Crippen MR) is 37.6 cm³/mol. The maximum absolute atomic E-state index is 9.63. The van der Waals surface area contributed by atoms with Gasteiger partial charge in [0.05, 0.1) is 0 Å². The molecule has 0 atom stereocenters. The molecule has 0 aliphatic rings. The van der Waals surface area contributed by atoms with Crippen LogP contribution in [-0.4, -0.2) is 33.7 Å².